The average molecular weight is 835 g/mol. The molecule has 8 aliphatic rings. The first-order chi connectivity index (χ1) is 29.0. The van der Waals surface area contributed by atoms with Gasteiger partial charge in [-0.25, -0.2) is 0 Å². The van der Waals surface area contributed by atoms with Crippen molar-refractivity contribution in [2.45, 2.75) is 152 Å². The molecular weight excluding hydrogens is 765 g/mol. The molecule has 6 heterocycles. The molecule has 1 saturated carbocycles. The number of hydrogen-bond acceptors (Lipinski definition) is 14. The molecule has 14 heteroatoms. The molecule has 2 aliphatic carbocycles. The Kier molecular flexibility index (Phi) is 13.5. The first-order valence-electron chi connectivity index (χ1n) is 23.1. The molecule has 9 rings (SSSR count). The topological polar surface area (TPSA) is 206 Å². The SMILES string of the molecule is CC(=O)O[C@H]1C[C@@H](O)CC[C@@]2(C#C[C@H]3CCC[C@@H]4C[C@@H](CCN4)Oc4cc(c(CO)cc4O)C[C@H]13)CN=C(N)NC1(CCCCC1)N1C[C@@H]3C[C@H](C1)[C@@H](CO)N(C3)C[C@H]2O. The molecule has 2 unspecified atom stereocenters. The summed E-state index contributed by atoms with van der Waals surface area (Å²) in [5.41, 5.74) is 6.78. The number of fused-ring (bicyclic) bond motifs is 8. The number of aliphatic hydroxyl groups is 4. The summed E-state index contributed by atoms with van der Waals surface area (Å²) < 4.78 is 12.6. The number of carbonyl (C=O) groups excluding carboxylic acids is 1. The van der Waals surface area contributed by atoms with Gasteiger partial charge in [-0.3, -0.25) is 19.6 Å². The molecule has 0 radical (unpaired) electrons. The van der Waals surface area contributed by atoms with Gasteiger partial charge in [-0.05, 0) is 119 Å². The number of rotatable bonds is 3. The Hall–Kier alpha value is -3.16. The third-order valence-electron chi connectivity index (χ3n) is 15.4. The fourth-order valence-electron chi connectivity index (χ4n) is 12.2. The van der Waals surface area contributed by atoms with Crippen molar-refractivity contribution in [2.24, 2.45) is 39.8 Å². The van der Waals surface area contributed by atoms with Crippen molar-refractivity contribution in [1.82, 2.24) is 20.4 Å². The van der Waals surface area contributed by atoms with Crippen LogP contribution in [-0.2, 0) is 22.6 Å². The highest BCUT2D eigenvalue weighted by Crippen LogP contribution is 2.43. The number of guanidine groups is 1. The Morgan fingerprint density at radius 3 is 2.63 bits per heavy atom. The second-order valence-corrected chi connectivity index (χ2v) is 19.5. The van der Waals surface area contributed by atoms with Crippen molar-refractivity contribution in [3.05, 3.63) is 23.3 Å². The third-order valence-corrected chi connectivity index (χ3v) is 15.4. The molecule has 60 heavy (non-hydrogen) atoms. The van der Waals surface area contributed by atoms with Crippen LogP contribution in [0.1, 0.15) is 108 Å². The zero-order valence-corrected chi connectivity index (χ0v) is 35.6. The summed E-state index contributed by atoms with van der Waals surface area (Å²) in [6.07, 6.45) is 8.82. The minimum Gasteiger partial charge on any atom is -0.504 e. The number of nitrogens with two attached hydrogens (primary N) is 1. The minimum atomic E-state index is -1.09. The monoisotopic (exact) mass is 835 g/mol. The van der Waals surface area contributed by atoms with E-state index < -0.39 is 35.6 Å². The van der Waals surface area contributed by atoms with Crippen LogP contribution in [0.5, 0.6) is 11.5 Å². The number of esters is 1. The summed E-state index contributed by atoms with van der Waals surface area (Å²) in [5, 5.41) is 64.6. The number of nitrogens with zero attached hydrogens (tertiary/aromatic N) is 3. The minimum absolute atomic E-state index is 0.00609. The van der Waals surface area contributed by atoms with Crippen LogP contribution in [0.4, 0.5) is 0 Å². The highest BCUT2D eigenvalue weighted by Gasteiger charge is 2.50. The number of phenols is 1. The second-order valence-electron chi connectivity index (χ2n) is 19.5. The molecule has 332 valence electrons. The molecule has 4 fully saturated rings. The summed E-state index contributed by atoms with van der Waals surface area (Å²) >= 11 is 0. The normalized spacial score (nSPS) is 39.5. The Labute approximate surface area is 355 Å². The first kappa shape index (κ1) is 43.5. The van der Waals surface area contributed by atoms with Gasteiger partial charge in [-0.1, -0.05) is 24.7 Å². The molecule has 3 saturated heterocycles. The van der Waals surface area contributed by atoms with Crippen LogP contribution in [0, 0.1) is 40.9 Å². The molecular formula is C46H70N6O8. The van der Waals surface area contributed by atoms with E-state index in [0.717, 1.165) is 89.5 Å². The lowest BCUT2D eigenvalue weighted by Crippen LogP contribution is -2.69. The zero-order chi connectivity index (χ0) is 42.0. The van der Waals surface area contributed by atoms with E-state index in [2.05, 4.69) is 32.3 Å². The van der Waals surface area contributed by atoms with Crippen molar-refractivity contribution < 1.29 is 39.8 Å². The molecule has 1 aromatic rings. The number of nitrogens with one attached hydrogen (secondary N) is 2. The van der Waals surface area contributed by atoms with Crippen molar-refractivity contribution in [1.29, 1.82) is 0 Å². The number of piperidine rings is 3. The van der Waals surface area contributed by atoms with E-state index in [9.17, 15) is 30.3 Å². The number of carbonyl (C=O) groups is 1. The van der Waals surface area contributed by atoms with E-state index >= 15 is 0 Å². The number of hydrogen-bond donors (Lipinski definition) is 8. The number of aliphatic hydroxyl groups excluding tert-OH is 4. The summed E-state index contributed by atoms with van der Waals surface area (Å²) in [4.78, 5) is 22.7. The van der Waals surface area contributed by atoms with Crippen LogP contribution in [0.15, 0.2) is 17.1 Å². The van der Waals surface area contributed by atoms with Crippen LogP contribution in [-0.4, -0.2) is 135 Å². The molecule has 0 amide bonds. The Morgan fingerprint density at radius 1 is 1.02 bits per heavy atom. The van der Waals surface area contributed by atoms with E-state index in [1.807, 2.05) is 6.07 Å². The van der Waals surface area contributed by atoms with Gasteiger partial charge >= 0.3 is 5.97 Å². The predicted octanol–water partition coefficient (Wildman–Crippen LogP) is 2.36. The Balaban J connectivity index is 1.23. The van der Waals surface area contributed by atoms with Gasteiger partial charge in [-0.2, -0.15) is 0 Å². The van der Waals surface area contributed by atoms with E-state index in [4.69, 9.17) is 20.2 Å². The molecule has 8 bridgehead atoms. The lowest BCUT2D eigenvalue weighted by atomic mass is 9.72. The number of phenolic OH excluding ortho intramolecular Hbond substituents is 1. The largest absolute Gasteiger partial charge is 0.504 e. The van der Waals surface area contributed by atoms with Crippen molar-refractivity contribution >= 4 is 11.9 Å². The van der Waals surface area contributed by atoms with E-state index in [1.165, 1.54) is 13.3 Å². The van der Waals surface area contributed by atoms with Gasteiger partial charge in [0.15, 0.2) is 17.5 Å². The lowest BCUT2D eigenvalue weighted by Gasteiger charge is -2.56. The van der Waals surface area contributed by atoms with Crippen molar-refractivity contribution in [3.8, 4) is 23.3 Å². The lowest BCUT2D eigenvalue weighted by molar-refractivity contribution is -0.152. The zero-order valence-electron chi connectivity index (χ0n) is 35.6. The molecule has 2 spiro atoms. The highest BCUT2D eigenvalue weighted by molar-refractivity contribution is 5.78. The maximum Gasteiger partial charge on any atom is 0.302 e. The third kappa shape index (κ3) is 9.43. The van der Waals surface area contributed by atoms with Crippen LogP contribution in [0.3, 0.4) is 0 Å². The van der Waals surface area contributed by atoms with Gasteiger partial charge in [-0.15, -0.1) is 0 Å². The maximum absolute atomic E-state index is 12.8. The second kappa shape index (κ2) is 18.7. The summed E-state index contributed by atoms with van der Waals surface area (Å²) in [7, 11) is 0. The van der Waals surface area contributed by atoms with Gasteiger partial charge < -0.3 is 51.4 Å². The number of benzene rings is 1. The van der Waals surface area contributed by atoms with Crippen LogP contribution in [0.25, 0.3) is 0 Å². The molecule has 0 aromatic heterocycles. The number of aromatic hydroxyl groups is 1. The van der Waals surface area contributed by atoms with Gasteiger partial charge in [0, 0.05) is 63.4 Å². The molecule has 6 aliphatic heterocycles. The van der Waals surface area contributed by atoms with Crippen molar-refractivity contribution in [3.63, 3.8) is 0 Å². The van der Waals surface area contributed by atoms with Gasteiger partial charge in [0.2, 0.25) is 0 Å². The standard InChI is InChI=1S/C46H70N6O8/c1-29(55)59-41-21-36(56)9-14-45(13-8-31-6-5-7-35-20-37(10-15-48-35)60-42-19-32(17-38(31)41)34(26-53)18-40(42)57)28-49-44(47)50-46(11-3-2-4-12-46)52-23-30-16-33(24-52)39(27-54)51(22-30)25-43(45)58/h18-19,30-31,33,35-39,41,43,48,53-54,56-58H,2-7,9-12,14-17,20-28H2,1H3,(H3,47,49,50)/t30-,31-,33-,35-,36+,37-,38+,39-,41+,43-,45+/m1/s1. The maximum atomic E-state index is 12.8. The smallest absolute Gasteiger partial charge is 0.302 e. The summed E-state index contributed by atoms with van der Waals surface area (Å²) in [5.74, 6) is 7.50. The quantitative estimate of drug-likeness (QED) is 0.163. The molecule has 13 atom stereocenters. The fourth-order valence-corrected chi connectivity index (χ4v) is 12.2. The first-order valence-corrected chi connectivity index (χ1v) is 23.1. The van der Waals surface area contributed by atoms with E-state index in [0.29, 0.717) is 49.0 Å². The van der Waals surface area contributed by atoms with E-state index in [1.54, 1.807) is 6.07 Å². The average Bonchev–Trinajstić information content (AvgIpc) is 3.23. The predicted molar refractivity (Wildman–Crippen MR) is 227 cm³/mol. The Morgan fingerprint density at radius 2 is 1.85 bits per heavy atom. The summed E-state index contributed by atoms with van der Waals surface area (Å²) in [6, 6.07) is 3.48. The molecule has 1 aromatic carbocycles. The number of aliphatic imine (C=N–C) groups is 1. The summed E-state index contributed by atoms with van der Waals surface area (Å²) in [6.45, 7) is 4.86. The van der Waals surface area contributed by atoms with Gasteiger partial charge in [0.05, 0.1) is 43.0 Å². The van der Waals surface area contributed by atoms with Crippen molar-refractivity contribution in [2.75, 3.05) is 45.9 Å². The number of ether oxygens (including phenoxy) is 2. The van der Waals surface area contributed by atoms with Gasteiger partial charge in [0.25, 0.3) is 0 Å². The fraction of sp³-hybridized carbons (Fsp3) is 0.783. The van der Waals surface area contributed by atoms with Crippen LogP contribution >= 0.6 is 0 Å². The van der Waals surface area contributed by atoms with Gasteiger partial charge in [0.1, 0.15) is 12.2 Å². The molecule has 14 nitrogen and oxygen atoms in total. The highest BCUT2D eigenvalue weighted by atomic mass is 16.5. The van der Waals surface area contributed by atoms with Crippen LogP contribution < -0.4 is 21.1 Å². The van der Waals surface area contributed by atoms with Crippen LogP contribution in [0.2, 0.25) is 0 Å². The molecule has 9 N–H and O–H groups in total. The Bertz CT molecular complexity index is 1760. The van der Waals surface area contributed by atoms with E-state index in [-0.39, 0.29) is 74.0 Å².